The summed E-state index contributed by atoms with van der Waals surface area (Å²) in [6.07, 6.45) is 6.12. The van der Waals surface area contributed by atoms with Crippen molar-refractivity contribution in [3.8, 4) is 6.07 Å². The third-order valence-electron chi connectivity index (χ3n) is 3.26. The standard InChI is InChI=1S/C13H17N3O/c14-8-11-5-6-13(15-9-11)16-7-3-1-2-4-12(16)10-17/h5-6,9,12,17H,1-4,7,10H2. The Morgan fingerprint density at radius 3 is 2.94 bits per heavy atom. The maximum Gasteiger partial charge on any atom is 0.128 e. The lowest BCUT2D eigenvalue weighted by Crippen LogP contribution is -2.38. The predicted molar refractivity (Wildman–Crippen MR) is 65.6 cm³/mol. The van der Waals surface area contributed by atoms with Crippen LogP contribution in [0, 0.1) is 11.3 Å². The number of aliphatic hydroxyl groups is 1. The number of nitriles is 1. The lowest BCUT2D eigenvalue weighted by molar-refractivity contribution is 0.254. The molecule has 0 aromatic carbocycles. The molecule has 1 N–H and O–H groups in total. The zero-order valence-electron chi connectivity index (χ0n) is 9.84. The van der Waals surface area contributed by atoms with Gasteiger partial charge in [-0.1, -0.05) is 12.8 Å². The van der Waals surface area contributed by atoms with Gasteiger partial charge in [-0.15, -0.1) is 0 Å². The fourth-order valence-electron chi connectivity index (χ4n) is 2.29. The van der Waals surface area contributed by atoms with Gasteiger partial charge in [0.25, 0.3) is 0 Å². The number of hydrogen-bond donors (Lipinski definition) is 1. The first kappa shape index (κ1) is 11.9. The summed E-state index contributed by atoms with van der Waals surface area (Å²) in [5, 5.41) is 18.2. The van der Waals surface area contributed by atoms with Gasteiger partial charge in [0.2, 0.25) is 0 Å². The second kappa shape index (κ2) is 5.65. The Labute approximate surface area is 102 Å². The van der Waals surface area contributed by atoms with Crippen molar-refractivity contribution >= 4 is 5.82 Å². The van der Waals surface area contributed by atoms with Crippen LogP contribution in [-0.4, -0.2) is 29.3 Å². The molecule has 4 nitrogen and oxygen atoms in total. The van der Waals surface area contributed by atoms with E-state index in [4.69, 9.17) is 5.26 Å². The van der Waals surface area contributed by atoms with Crippen LogP contribution in [0.1, 0.15) is 31.2 Å². The van der Waals surface area contributed by atoms with Gasteiger partial charge in [0.05, 0.1) is 18.2 Å². The molecule has 1 aliphatic rings. The third-order valence-corrected chi connectivity index (χ3v) is 3.26. The van der Waals surface area contributed by atoms with E-state index in [1.165, 1.54) is 6.42 Å². The van der Waals surface area contributed by atoms with E-state index in [-0.39, 0.29) is 12.6 Å². The average Bonchev–Trinajstić information content (AvgIpc) is 2.64. The topological polar surface area (TPSA) is 60.2 Å². The molecule has 1 aromatic heterocycles. The van der Waals surface area contributed by atoms with E-state index in [0.717, 1.165) is 31.6 Å². The summed E-state index contributed by atoms with van der Waals surface area (Å²) < 4.78 is 0. The first-order valence-electron chi connectivity index (χ1n) is 6.09. The van der Waals surface area contributed by atoms with Crippen molar-refractivity contribution in [1.29, 1.82) is 5.26 Å². The van der Waals surface area contributed by atoms with Crippen LogP contribution in [0.25, 0.3) is 0 Å². The van der Waals surface area contributed by atoms with Gasteiger partial charge < -0.3 is 10.0 Å². The molecule has 0 radical (unpaired) electrons. The zero-order valence-corrected chi connectivity index (χ0v) is 9.84. The molecule has 90 valence electrons. The van der Waals surface area contributed by atoms with E-state index in [2.05, 4.69) is 16.0 Å². The lowest BCUT2D eigenvalue weighted by atomic mass is 10.1. The van der Waals surface area contributed by atoms with Crippen molar-refractivity contribution < 1.29 is 5.11 Å². The van der Waals surface area contributed by atoms with Gasteiger partial charge in [-0.05, 0) is 25.0 Å². The highest BCUT2D eigenvalue weighted by molar-refractivity contribution is 5.43. The first-order valence-corrected chi connectivity index (χ1v) is 6.09. The van der Waals surface area contributed by atoms with Crippen LogP contribution in [0.5, 0.6) is 0 Å². The third kappa shape index (κ3) is 2.75. The summed E-state index contributed by atoms with van der Waals surface area (Å²) in [6, 6.07) is 5.88. The average molecular weight is 231 g/mol. The Hall–Kier alpha value is -1.60. The van der Waals surface area contributed by atoms with Gasteiger partial charge in [-0.3, -0.25) is 0 Å². The summed E-state index contributed by atoms with van der Waals surface area (Å²) >= 11 is 0. The smallest absolute Gasteiger partial charge is 0.128 e. The van der Waals surface area contributed by atoms with Crippen LogP contribution in [0.15, 0.2) is 18.3 Å². The SMILES string of the molecule is N#Cc1ccc(N2CCCCCC2CO)nc1. The van der Waals surface area contributed by atoms with Crippen LogP contribution in [0.4, 0.5) is 5.82 Å². The van der Waals surface area contributed by atoms with Crippen molar-refractivity contribution in [1.82, 2.24) is 4.98 Å². The van der Waals surface area contributed by atoms with E-state index in [1.807, 2.05) is 6.07 Å². The molecule has 1 saturated heterocycles. The van der Waals surface area contributed by atoms with Gasteiger partial charge >= 0.3 is 0 Å². The molecule has 0 spiro atoms. The molecule has 0 amide bonds. The second-order valence-electron chi connectivity index (χ2n) is 4.40. The van der Waals surface area contributed by atoms with Crippen LogP contribution >= 0.6 is 0 Å². The van der Waals surface area contributed by atoms with E-state index >= 15 is 0 Å². The first-order chi connectivity index (χ1) is 8.35. The van der Waals surface area contributed by atoms with Gasteiger partial charge in [0.1, 0.15) is 11.9 Å². The van der Waals surface area contributed by atoms with Gasteiger partial charge in [-0.2, -0.15) is 5.26 Å². The lowest BCUT2D eigenvalue weighted by Gasteiger charge is -2.29. The molecule has 0 saturated carbocycles. The quantitative estimate of drug-likeness (QED) is 0.841. The Kier molecular flexibility index (Phi) is 3.94. The van der Waals surface area contributed by atoms with Crippen molar-refractivity contribution in [2.24, 2.45) is 0 Å². The normalized spacial score (nSPS) is 20.7. The van der Waals surface area contributed by atoms with Crippen LogP contribution in [0.3, 0.4) is 0 Å². The highest BCUT2D eigenvalue weighted by atomic mass is 16.3. The van der Waals surface area contributed by atoms with Crippen LogP contribution < -0.4 is 4.90 Å². The van der Waals surface area contributed by atoms with Crippen molar-refractivity contribution in [2.45, 2.75) is 31.7 Å². The monoisotopic (exact) mass is 231 g/mol. The van der Waals surface area contributed by atoms with Gasteiger partial charge in [0, 0.05) is 12.7 Å². The number of anilines is 1. The fourth-order valence-corrected chi connectivity index (χ4v) is 2.29. The summed E-state index contributed by atoms with van der Waals surface area (Å²) in [6.45, 7) is 1.10. The number of hydrogen-bond acceptors (Lipinski definition) is 4. The number of rotatable bonds is 2. The van der Waals surface area contributed by atoms with Crippen LogP contribution in [-0.2, 0) is 0 Å². The summed E-state index contributed by atoms with van der Waals surface area (Å²) in [7, 11) is 0. The molecule has 0 bridgehead atoms. The van der Waals surface area contributed by atoms with Crippen molar-refractivity contribution in [3.63, 3.8) is 0 Å². The van der Waals surface area contributed by atoms with Gasteiger partial charge in [-0.25, -0.2) is 4.98 Å². The molecule has 2 heterocycles. The molecule has 1 fully saturated rings. The van der Waals surface area contributed by atoms with Gasteiger partial charge in [0.15, 0.2) is 0 Å². The van der Waals surface area contributed by atoms with Crippen molar-refractivity contribution in [2.75, 3.05) is 18.1 Å². The zero-order chi connectivity index (χ0) is 12.1. The Morgan fingerprint density at radius 1 is 1.41 bits per heavy atom. The van der Waals surface area contributed by atoms with E-state index in [1.54, 1.807) is 12.3 Å². The molecule has 2 rings (SSSR count). The number of pyridine rings is 1. The minimum Gasteiger partial charge on any atom is -0.394 e. The van der Waals surface area contributed by atoms with Crippen LogP contribution in [0.2, 0.25) is 0 Å². The molecule has 1 atom stereocenters. The highest BCUT2D eigenvalue weighted by Gasteiger charge is 2.21. The molecular formula is C13H17N3O. The van der Waals surface area contributed by atoms with E-state index in [9.17, 15) is 5.11 Å². The second-order valence-corrected chi connectivity index (χ2v) is 4.40. The fraction of sp³-hybridized carbons (Fsp3) is 0.538. The maximum absolute atomic E-state index is 9.43. The minimum atomic E-state index is 0.165. The van der Waals surface area contributed by atoms with E-state index < -0.39 is 0 Å². The molecule has 17 heavy (non-hydrogen) atoms. The minimum absolute atomic E-state index is 0.165. The predicted octanol–water partition coefficient (Wildman–Crippen LogP) is 1.69. The highest BCUT2D eigenvalue weighted by Crippen LogP contribution is 2.22. The number of aromatic nitrogens is 1. The van der Waals surface area contributed by atoms with E-state index in [0.29, 0.717) is 5.56 Å². The maximum atomic E-state index is 9.43. The van der Waals surface area contributed by atoms with Crippen molar-refractivity contribution in [3.05, 3.63) is 23.9 Å². The largest absolute Gasteiger partial charge is 0.394 e. The summed E-state index contributed by atoms with van der Waals surface area (Å²) in [5.41, 5.74) is 0.573. The number of aliphatic hydroxyl groups excluding tert-OH is 1. The Bertz CT molecular complexity index is 396. The molecule has 0 aliphatic carbocycles. The molecule has 1 aliphatic heterocycles. The molecule has 1 unspecified atom stereocenters. The Morgan fingerprint density at radius 2 is 2.29 bits per heavy atom. The summed E-state index contributed by atoms with van der Waals surface area (Å²) in [5.74, 6) is 0.866. The molecule has 1 aromatic rings. The number of nitrogens with zero attached hydrogens (tertiary/aromatic N) is 3. The Balaban J connectivity index is 2.19. The molecular weight excluding hydrogens is 214 g/mol. The molecule has 4 heteroatoms. The summed E-state index contributed by atoms with van der Waals surface area (Å²) in [4.78, 5) is 6.47.